The number of alkyl carbamates (subject to hydrolysis) is 1. The Labute approximate surface area is 145 Å². The Balaban J connectivity index is 1.69. The zero-order chi connectivity index (χ0) is 18.0. The number of fused-ring (bicyclic) bond motifs is 1. The van der Waals surface area contributed by atoms with Gasteiger partial charge >= 0.3 is 6.09 Å². The number of aromatic nitrogens is 3. The fraction of sp³-hybridized carbons (Fsp3) is 0.278. The maximum absolute atomic E-state index is 11.7. The number of amides is 1. The number of pyridine rings is 1. The monoisotopic (exact) mass is 339 g/mol. The molecule has 3 aromatic rings. The lowest BCUT2D eigenvalue weighted by Gasteiger charge is -2.19. The number of rotatable bonds is 3. The van der Waals surface area contributed by atoms with E-state index in [2.05, 4.69) is 20.5 Å². The SMILES string of the molecule is CC(C)(C)OC(=O)NCc1ccc(-c2cnc3[nH]nc(N)c3c2)cc1. The molecule has 2 heterocycles. The van der Waals surface area contributed by atoms with Crippen molar-refractivity contribution in [3.05, 3.63) is 42.1 Å². The first-order chi connectivity index (χ1) is 11.8. The van der Waals surface area contributed by atoms with Crippen LogP contribution < -0.4 is 11.1 Å². The van der Waals surface area contributed by atoms with E-state index in [1.54, 1.807) is 6.20 Å². The van der Waals surface area contributed by atoms with E-state index in [1.165, 1.54) is 0 Å². The first-order valence-electron chi connectivity index (χ1n) is 7.97. The molecule has 3 rings (SSSR count). The fourth-order valence-corrected chi connectivity index (χ4v) is 2.38. The van der Waals surface area contributed by atoms with Gasteiger partial charge in [0.05, 0.1) is 5.39 Å². The van der Waals surface area contributed by atoms with Crippen molar-refractivity contribution in [2.24, 2.45) is 0 Å². The maximum Gasteiger partial charge on any atom is 0.407 e. The third-order valence-electron chi connectivity index (χ3n) is 3.57. The van der Waals surface area contributed by atoms with E-state index in [9.17, 15) is 4.79 Å². The van der Waals surface area contributed by atoms with Crippen molar-refractivity contribution in [1.29, 1.82) is 0 Å². The van der Waals surface area contributed by atoms with Gasteiger partial charge in [-0.3, -0.25) is 5.10 Å². The summed E-state index contributed by atoms with van der Waals surface area (Å²) in [6, 6.07) is 9.82. The largest absolute Gasteiger partial charge is 0.444 e. The summed E-state index contributed by atoms with van der Waals surface area (Å²) in [5.74, 6) is 0.433. The summed E-state index contributed by atoms with van der Waals surface area (Å²) in [6.45, 7) is 5.90. The van der Waals surface area contributed by atoms with Crippen molar-refractivity contribution < 1.29 is 9.53 Å². The minimum atomic E-state index is -0.505. The first-order valence-corrected chi connectivity index (χ1v) is 7.97. The molecule has 7 heteroatoms. The molecule has 0 saturated carbocycles. The van der Waals surface area contributed by atoms with Crippen LogP contribution in [0, 0.1) is 0 Å². The van der Waals surface area contributed by atoms with Crippen LogP contribution in [0.3, 0.4) is 0 Å². The van der Waals surface area contributed by atoms with Crippen LogP contribution in [0.1, 0.15) is 26.3 Å². The lowest BCUT2D eigenvalue weighted by Crippen LogP contribution is -2.32. The third-order valence-corrected chi connectivity index (χ3v) is 3.57. The number of nitrogen functional groups attached to an aromatic ring is 1. The highest BCUT2D eigenvalue weighted by atomic mass is 16.6. The highest BCUT2D eigenvalue weighted by Gasteiger charge is 2.15. The number of H-pyrrole nitrogens is 1. The molecule has 0 aliphatic heterocycles. The van der Waals surface area contributed by atoms with Crippen molar-refractivity contribution in [2.45, 2.75) is 32.9 Å². The Kier molecular flexibility index (Phi) is 4.31. The van der Waals surface area contributed by atoms with Crippen molar-refractivity contribution in [1.82, 2.24) is 20.5 Å². The number of nitrogens with two attached hydrogens (primary N) is 1. The molecule has 2 aromatic heterocycles. The average Bonchev–Trinajstić information content (AvgIpc) is 2.93. The van der Waals surface area contributed by atoms with Gasteiger partial charge in [-0.05, 0) is 38.0 Å². The van der Waals surface area contributed by atoms with Gasteiger partial charge < -0.3 is 15.8 Å². The number of carbonyl (C=O) groups excluding carboxylic acids is 1. The molecular formula is C18H21N5O2. The highest BCUT2D eigenvalue weighted by molar-refractivity contribution is 5.89. The molecule has 0 fully saturated rings. The predicted molar refractivity (Wildman–Crippen MR) is 96.8 cm³/mol. The molecule has 0 atom stereocenters. The van der Waals surface area contributed by atoms with E-state index in [0.29, 0.717) is 18.0 Å². The number of benzene rings is 1. The lowest BCUT2D eigenvalue weighted by molar-refractivity contribution is 0.0523. The molecule has 0 radical (unpaired) electrons. The van der Waals surface area contributed by atoms with Crippen LogP contribution in [0.5, 0.6) is 0 Å². The zero-order valence-corrected chi connectivity index (χ0v) is 14.5. The molecule has 0 aliphatic carbocycles. The quantitative estimate of drug-likeness (QED) is 0.679. The molecule has 130 valence electrons. The number of nitrogens with one attached hydrogen (secondary N) is 2. The van der Waals surface area contributed by atoms with Gasteiger partial charge in [0.15, 0.2) is 11.5 Å². The Hall–Kier alpha value is -3.09. The molecule has 0 bridgehead atoms. The van der Waals surface area contributed by atoms with Gasteiger partial charge in [0.1, 0.15) is 5.60 Å². The van der Waals surface area contributed by atoms with E-state index in [0.717, 1.165) is 22.1 Å². The molecule has 0 aliphatic rings. The second-order valence-corrected chi connectivity index (χ2v) is 6.78. The van der Waals surface area contributed by atoms with Crippen molar-refractivity contribution >= 4 is 22.9 Å². The Morgan fingerprint density at radius 2 is 1.96 bits per heavy atom. The Morgan fingerprint density at radius 3 is 2.64 bits per heavy atom. The van der Waals surface area contributed by atoms with Gasteiger partial charge in [0.25, 0.3) is 0 Å². The number of hydrogen-bond donors (Lipinski definition) is 3. The number of hydrogen-bond acceptors (Lipinski definition) is 5. The van der Waals surface area contributed by atoms with E-state index < -0.39 is 11.7 Å². The number of ether oxygens (including phenoxy) is 1. The number of carbonyl (C=O) groups is 1. The van der Waals surface area contributed by atoms with Crippen LogP contribution in [-0.4, -0.2) is 26.9 Å². The van der Waals surface area contributed by atoms with Crippen molar-refractivity contribution in [3.63, 3.8) is 0 Å². The van der Waals surface area contributed by atoms with E-state index in [4.69, 9.17) is 10.5 Å². The summed E-state index contributed by atoms with van der Waals surface area (Å²) < 4.78 is 5.22. The number of anilines is 1. The molecule has 0 saturated heterocycles. The molecule has 4 N–H and O–H groups in total. The van der Waals surface area contributed by atoms with Crippen LogP contribution in [-0.2, 0) is 11.3 Å². The van der Waals surface area contributed by atoms with Gasteiger partial charge in [-0.1, -0.05) is 24.3 Å². The zero-order valence-electron chi connectivity index (χ0n) is 14.5. The van der Waals surface area contributed by atoms with Gasteiger partial charge in [0, 0.05) is 18.3 Å². The van der Waals surface area contributed by atoms with E-state index in [-0.39, 0.29) is 0 Å². The Morgan fingerprint density at radius 1 is 1.24 bits per heavy atom. The molecule has 1 amide bonds. The van der Waals surface area contributed by atoms with E-state index in [1.807, 2.05) is 51.1 Å². The summed E-state index contributed by atoms with van der Waals surface area (Å²) in [5.41, 5.74) is 8.92. The normalized spacial score (nSPS) is 11.5. The summed E-state index contributed by atoms with van der Waals surface area (Å²) in [4.78, 5) is 16.0. The number of aromatic amines is 1. The van der Waals surface area contributed by atoms with Gasteiger partial charge in [0.2, 0.25) is 0 Å². The summed E-state index contributed by atoms with van der Waals surface area (Å²) in [7, 11) is 0. The topological polar surface area (TPSA) is 106 Å². The van der Waals surface area contributed by atoms with Crippen LogP contribution in [0.2, 0.25) is 0 Å². The molecule has 25 heavy (non-hydrogen) atoms. The Bertz CT molecular complexity index is 894. The van der Waals surface area contributed by atoms with Crippen molar-refractivity contribution in [2.75, 3.05) is 5.73 Å². The highest BCUT2D eigenvalue weighted by Crippen LogP contribution is 2.24. The molecule has 1 aromatic carbocycles. The molecule has 0 unspecified atom stereocenters. The van der Waals surface area contributed by atoms with Crippen molar-refractivity contribution in [3.8, 4) is 11.1 Å². The first kappa shape index (κ1) is 16.8. The van der Waals surface area contributed by atoms with Crippen LogP contribution >= 0.6 is 0 Å². The van der Waals surface area contributed by atoms with E-state index >= 15 is 0 Å². The summed E-state index contributed by atoms with van der Waals surface area (Å²) >= 11 is 0. The minimum absolute atomic E-state index is 0.404. The van der Waals surface area contributed by atoms with Crippen LogP contribution in [0.25, 0.3) is 22.2 Å². The smallest absolute Gasteiger partial charge is 0.407 e. The molecular weight excluding hydrogens is 318 g/mol. The molecule has 0 spiro atoms. The maximum atomic E-state index is 11.7. The predicted octanol–water partition coefficient (Wildman–Crippen LogP) is 3.23. The second kappa shape index (κ2) is 6.43. The lowest BCUT2D eigenvalue weighted by atomic mass is 10.0. The number of nitrogens with zero attached hydrogens (tertiary/aromatic N) is 2. The summed E-state index contributed by atoms with van der Waals surface area (Å²) in [5, 5.41) is 10.3. The van der Waals surface area contributed by atoms with Gasteiger partial charge in [-0.15, -0.1) is 0 Å². The minimum Gasteiger partial charge on any atom is -0.444 e. The summed E-state index contributed by atoms with van der Waals surface area (Å²) in [6.07, 6.45) is 1.34. The van der Waals surface area contributed by atoms with Gasteiger partial charge in [-0.2, -0.15) is 5.10 Å². The average molecular weight is 339 g/mol. The second-order valence-electron chi connectivity index (χ2n) is 6.78. The van der Waals surface area contributed by atoms with Gasteiger partial charge in [-0.25, -0.2) is 9.78 Å². The standard InChI is InChI=1S/C18H21N5O2/c1-18(2,3)25-17(24)21-9-11-4-6-12(7-5-11)13-8-14-15(19)22-23-16(14)20-10-13/h4-8,10H,9H2,1-3H3,(H,21,24)(H3,19,20,22,23). The fourth-order valence-electron chi connectivity index (χ4n) is 2.38. The van der Waals surface area contributed by atoms with Crippen LogP contribution in [0.4, 0.5) is 10.6 Å². The third kappa shape index (κ3) is 4.06. The molecule has 7 nitrogen and oxygen atoms in total. The van der Waals surface area contributed by atoms with Crippen LogP contribution in [0.15, 0.2) is 36.5 Å².